The zero-order chi connectivity index (χ0) is 13.5. The molecule has 0 aromatic rings. The molecular weight excluding hydrogens is 233 g/mol. The van der Waals surface area contributed by atoms with E-state index in [1.807, 2.05) is 13.0 Å². The fourth-order valence-corrected chi connectivity index (χ4v) is 1.28. The van der Waals surface area contributed by atoms with Crippen LogP contribution in [0.5, 0.6) is 0 Å². The Morgan fingerprint density at radius 1 is 1.56 bits per heavy atom. The zero-order valence-corrected chi connectivity index (χ0v) is 10.2. The van der Waals surface area contributed by atoms with Crippen molar-refractivity contribution in [3.8, 4) is 0 Å². The Bertz CT molecular complexity index is 473. The van der Waals surface area contributed by atoms with Gasteiger partial charge in [0.2, 0.25) is 0 Å². The second-order valence-corrected chi connectivity index (χ2v) is 3.52. The largest absolute Gasteiger partial charge is 0.440 e. The van der Waals surface area contributed by atoms with Crippen LogP contribution in [-0.2, 0) is 4.74 Å². The highest BCUT2D eigenvalue weighted by Crippen LogP contribution is 2.16. The molecule has 96 valence electrons. The Kier molecular flexibility index (Phi) is 5.07. The van der Waals surface area contributed by atoms with Gasteiger partial charge in [-0.15, -0.1) is 0 Å². The summed E-state index contributed by atoms with van der Waals surface area (Å²) in [4.78, 5) is 4.09. The fraction of sp³-hybridized carbons (Fsp3) is 0.154. The van der Waals surface area contributed by atoms with Gasteiger partial charge in [0.15, 0.2) is 17.5 Å². The van der Waals surface area contributed by atoms with Gasteiger partial charge in [-0.25, -0.2) is 9.38 Å². The predicted octanol–water partition coefficient (Wildman–Crippen LogP) is 2.61. The standard InChI is InChI=1S/C13H16FN3O/c1-4-10(14)12(5-2)18-13-7-6-9(3)11(17-15)8-16-13/h4-6,8,17H,1-2,7,15H2,3H3/b12-10-. The van der Waals surface area contributed by atoms with Gasteiger partial charge in [0.25, 0.3) is 0 Å². The van der Waals surface area contributed by atoms with Gasteiger partial charge < -0.3 is 10.2 Å². The van der Waals surface area contributed by atoms with Crippen molar-refractivity contribution in [3.63, 3.8) is 0 Å². The molecule has 5 heteroatoms. The topological polar surface area (TPSA) is 59.6 Å². The first-order valence-corrected chi connectivity index (χ1v) is 5.35. The van der Waals surface area contributed by atoms with E-state index in [2.05, 4.69) is 23.6 Å². The average molecular weight is 249 g/mol. The molecule has 1 aliphatic heterocycles. The zero-order valence-electron chi connectivity index (χ0n) is 10.2. The number of ether oxygens (including phenoxy) is 1. The minimum absolute atomic E-state index is 0.00707. The van der Waals surface area contributed by atoms with Crippen molar-refractivity contribution in [1.29, 1.82) is 0 Å². The van der Waals surface area contributed by atoms with E-state index in [1.54, 1.807) is 0 Å². The van der Waals surface area contributed by atoms with Gasteiger partial charge in [0.05, 0.1) is 11.9 Å². The molecule has 3 N–H and O–H groups in total. The molecule has 1 heterocycles. The fourth-order valence-electron chi connectivity index (χ4n) is 1.28. The van der Waals surface area contributed by atoms with E-state index in [4.69, 9.17) is 10.6 Å². The molecule has 1 aliphatic rings. The Hall–Kier alpha value is -2.14. The number of halogens is 1. The lowest BCUT2D eigenvalue weighted by atomic mass is 10.2. The Balaban J connectivity index is 2.94. The van der Waals surface area contributed by atoms with Gasteiger partial charge in [-0.3, -0.25) is 5.84 Å². The Morgan fingerprint density at radius 2 is 2.28 bits per heavy atom. The molecule has 1 rings (SSSR count). The molecule has 18 heavy (non-hydrogen) atoms. The van der Waals surface area contributed by atoms with Crippen LogP contribution >= 0.6 is 0 Å². The normalized spacial score (nSPS) is 16.5. The summed E-state index contributed by atoms with van der Waals surface area (Å²) in [6.45, 7) is 8.69. The van der Waals surface area contributed by atoms with Crippen molar-refractivity contribution in [1.82, 2.24) is 5.43 Å². The molecule has 0 bridgehead atoms. The number of allylic oxidation sites excluding steroid dienone is 4. The van der Waals surface area contributed by atoms with Crippen molar-refractivity contribution in [3.05, 3.63) is 60.4 Å². The molecule has 0 spiro atoms. The summed E-state index contributed by atoms with van der Waals surface area (Å²) in [6.07, 6.45) is 6.17. The van der Waals surface area contributed by atoms with E-state index < -0.39 is 5.83 Å². The molecule has 0 aromatic carbocycles. The van der Waals surface area contributed by atoms with E-state index in [1.165, 1.54) is 12.3 Å². The second kappa shape index (κ2) is 6.56. The monoisotopic (exact) mass is 249 g/mol. The summed E-state index contributed by atoms with van der Waals surface area (Å²) in [6, 6.07) is 0. The van der Waals surface area contributed by atoms with Gasteiger partial charge in [-0.1, -0.05) is 19.2 Å². The number of hydrazine groups is 1. The highest BCUT2D eigenvalue weighted by atomic mass is 19.1. The minimum Gasteiger partial charge on any atom is -0.440 e. The van der Waals surface area contributed by atoms with Gasteiger partial charge in [-0.2, -0.15) is 0 Å². The highest BCUT2D eigenvalue weighted by Gasteiger charge is 2.09. The van der Waals surface area contributed by atoms with Crippen LogP contribution in [0.2, 0.25) is 0 Å². The van der Waals surface area contributed by atoms with Crippen LogP contribution in [-0.4, -0.2) is 5.90 Å². The molecule has 0 atom stereocenters. The van der Waals surface area contributed by atoms with Crippen LogP contribution in [0.4, 0.5) is 4.39 Å². The number of aliphatic imine (C=N–C) groups is 1. The van der Waals surface area contributed by atoms with Crippen LogP contribution in [0.15, 0.2) is 65.4 Å². The number of rotatable bonds is 4. The number of nitrogens with two attached hydrogens (primary N) is 1. The molecule has 0 aliphatic carbocycles. The smallest absolute Gasteiger partial charge is 0.198 e. The van der Waals surface area contributed by atoms with Crippen molar-refractivity contribution in [2.75, 3.05) is 0 Å². The minimum atomic E-state index is -0.584. The SMILES string of the molecule is C=C/C(F)=C(\C=C)OC1=NC=C(NN)C(C)=CC1. The third-order valence-electron chi connectivity index (χ3n) is 2.33. The third-order valence-corrected chi connectivity index (χ3v) is 2.33. The molecule has 0 amide bonds. The second-order valence-electron chi connectivity index (χ2n) is 3.52. The summed E-state index contributed by atoms with van der Waals surface area (Å²) >= 11 is 0. The quantitative estimate of drug-likeness (QED) is 0.348. The maximum absolute atomic E-state index is 13.3. The van der Waals surface area contributed by atoms with Gasteiger partial charge >= 0.3 is 0 Å². The lowest BCUT2D eigenvalue weighted by Crippen LogP contribution is -2.21. The summed E-state index contributed by atoms with van der Waals surface area (Å²) in [5, 5.41) is 0. The first-order chi connectivity index (χ1) is 8.62. The maximum Gasteiger partial charge on any atom is 0.198 e. The van der Waals surface area contributed by atoms with Crippen LogP contribution in [0.3, 0.4) is 0 Å². The van der Waals surface area contributed by atoms with E-state index in [0.29, 0.717) is 18.0 Å². The average Bonchev–Trinajstić information content (AvgIpc) is 2.57. The van der Waals surface area contributed by atoms with E-state index in [0.717, 1.165) is 11.6 Å². The molecular formula is C13H16FN3O. The van der Waals surface area contributed by atoms with Gasteiger partial charge in [0, 0.05) is 6.42 Å². The van der Waals surface area contributed by atoms with Crippen molar-refractivity contribution >= 4 is 5.90 Å². The van der Waals surface area contributed by atoms with Crippen LogP contribution in [0.25, 0.3) is 0 Å². The van der Waals surface area contributed by atoms with Crippen molar-refractivity contribution in [2.45, 2.75) is 13.3 Å². The summed E-state index contributed by atoms with van der Waals surface area (Å²) in [5.74, 6) is 5.10. The summed E-state index contributed by atoms with van der Waals surface area (Å²) in [5.41, 5.74) is 4.14. The molecule has 0 aromatic heterocycles. The summed E-state index contributed by atoms with van der Waals surface area (Å²) < 4.78 is 18.6. The molecule has 0 saturated carbocycles. The van der Waals surface area contributed by atoms with Crippen LogP contribution in [0.1, 0.15) is 13.3 Å². The number of nitrogens with one attached hydrogen (secondary N) is 1. The molecule has 0 saturated heterocycles. The van der Waals surface area contributed by atoms with Crippen molar-refractivity contribution < 1.29 is 9.13 Å². The Morgan fingerprint density at radius 3 is 2.83 bits per heavy atom. The van der Waals surface area contributed by atoms with E-state index in [9.17, 15) is 4.39 Å². The number of hydrogen-bond donors (Lipinski definition) is 2. The first kappa shape index (κ1) is 13.9. The third kappa shape index (κ3) is 3.43. The predicted molar refractivity (Wildman–Crippen MR) is 70.8 cm³/mol. The van der Waals surface area contributed by atoms with E-state index >= 15 is 0 Å². The van der Waals surface area contributed by atoms with Crippen LogP contribution in [0, 0.1) is 0 Å². The van der Waals surface area contributed by atoms with E-state index in [-0.39, 0.29) is 5.76 Å². The molecule has 4 nitrogen and oxygen atoms in total. The first-order valence-electron chi connectivity index (χ1n) is 5.35. The summed E-state index contributed by atoms with van der Waals surface area (Å²) in [7, 11) is 0. The van der Waals surface area contributed by atoms with Gasteiger partial charge in [-0.05, 0) is 24.6 Å². The molecule has 0 unspecified atom stereocenters. The number of hydrogen-bond acceptors (Lipinski definition) is 4. The van der Waals surface area contributed by atoms with Gasteiger partial charge in [0.1, 0.15) is 0 Å². The Labute approximate surface area is 106 Å². The lowest BCUT2D eigenvalue weighted by molar-refractivity contribution is 0.402. The number of nitrogens with zero attached hydrogens (tertiary/aromatic N) is 1. The molecule has 0 radical (unpaired) electrons. The highest BCUT2D eigenvalue weighted by molar-refractivity contribution is 5.80. The maximum atomic E-state index is 13.3. The van der Waals surface area contributed by atoms with Crippen LogP contribution < -0.4 is 11.3 Å². The molecule has 0 fully saturated rings. The van der Waals surface area contributed by atoms with Crippen molar-refractivity contribution in [2.24, 2.45) is 10.8 Å². The lowest BCUT2D eigenvalue weighted by Gasteiger charge is -2.06.